The molecule has 0 radical (unpaired) electrons. The Hall–Kier alpha value is -1.00. The van der Waals surface area contributed by atoms with Gasteiger partial charge >= 0.3 is 0 Å². The number of thioether (sulfide) groups is 1. The summed E-state index contributed by atoms with van der Waals surface area (Å²) < 4.78 is 1.95. The van der Waals surface area contributed by atoms with Crippen LogP contribution in [0.5, 0.6) is 0 Å². The van der Waals surface area contributed by atoms with Crippen LogP contribution in [-0.4, -0.2) is 27.8 Å². The molecule has 1 aromatic heterocycles. The number of nitrogens with one attached hydrogen (secondary N) is 1. The van der Waals surface area contributed by atoms with E-state index in [1.807, 2.05) is 23.5 Å². The fraction of sp³-hybridized carbons (Fsp3) is 0.462. The highest BCUT2D eigenvalue weighted by Gasteiger charge is 2.07. The molecule has 17 heavy (non-hydrogen) atoms. The summed E-state index contributed by atoms with van der Waals surface area (Å²) in [5, 5.41) is 9.91. The third kappa shape index (κ3) is 2.82. The summed E-state index contributed by atoms with van der Waals surface area (Å²) in [4.78, 5) is 0. The quantitative estimate of drug-likeness (QED) is 0.882. The average molecular weight is 249 g/mol. The summed E-state index contributed by atoms with van der Waals surface area (Å²) in [5.74, 6) is 0. The minimum absolute atomic E-state index is 0.643. The molecule has 1 aromatic carbocycles. The first-order valence-corrected chi connectivity index (χ1v) is 7.15. The Bertz CT molecular complexity index is 492. The normalized spacial score (nSPS) is 13.1. The lowest BCUT2D eigenvalue weighted by Crippen LogP contribution is -2.22. The molecule has 2 aromatic rings. The fourth-order valence-corrected chi connectivity index (χ4v) is 2.18. The van der Waals surface area contributed by atoms with Crippen LogP contribution in [0.2, 0.25) is 0 Å². The Morgan fingerprint density at radius 3 is 2.94 bits per heavy atom. The van der Waals surface area contributed by atoms with Gasteiger partial charge in [0.2, 0.25) is 0 Å². The first-order valence-electron chi connectivity index (χ1n) is 5.86. The molecule has 0 aliphatic rings. The van der Waals surface area contributed by atoms with Crippen molar-refractivity contribution in [1.82, 2.24) is 15.1 Å². The molecular formula is C13H19N3S. The molecule has 0 saturated carbocycles. The lowest BCUT2D eigenvalue weighted by atomic mass is 10.2. The van der Waals surface area contributed by atoms with Crippen LogP contribution in [0.15, 0.2) is 24.3 Å². The first kappa shape index (κ1) is 12.5. The molecule has 0 aliphatic carbocycles. The minimum Gasteiger partial charge on any atom is -0.310 e. The number of aryl methyl sites for hydroxylation is 1. The molecule has 0 spiro atoms. The van der Waals surface area contributed by atoms with Crippen LogP contribution in [0.3, 0.4) is 0 Å². The number of aromatic nitrogens is 2. The fourth-order valence-electron chi connectivity index (χ4n) is 1.90. The van der Waals surface area contributed by atoms with Gasteiger partial charge in [-0.25, -0.2) is 0 Å². The van der Waals surface area contributed by atoms with Crippen LogP contribution in [0.4, 0.5) is 0 Å². The highest BCUT2D eigenvalue weighted by molar-refractivity contribution is 7.99. The number of rotatable bonds is 5. The van der Waals surface area contributed by atoms with Gasteiger partial charge in [0, 0.05) is 30.8 Å². The van der Waals surface area contributed by atoms with Gasteiger partial charge in [-0.05, 0) is 12.3 Å². The Labute approximate surface area is 107 Å². The van der Waals surface area contributed by atoms with Crippen molar-refractivity contribution in [2.75, 3.05) is 12.8 Å². The number of nitrogens with zero attached hydrogens (tertiary/aromatic N) is 2. The molecule has 0 saturated heterocycles. The van der Waals surface area contributed by atoms with Crippen LogP contribution in [0, 0.1) is 0 Å². The molecule has 0 fully saturated rings. The molecular weight excluding hydrogens is 230 g/mol. The third-order valence-corrected chi connectivity index (χ3v) is 3.93. The van der Waals surface area contributed by atoms with Crippen LogP contribution in [-0.2, 0) is 13.6 Å². The van der Waals surface area contributed by atoms with Crippen LogP contribution >= 0.6 is 11.8 Å². The van der Waals surface area contributed by atoms with E-state index in [-0.39, 0.29) is 0 Å². The van der Waals surface area contributed by atoms with E-state index in [0.29, 0.717) is 5.25 Å². The maximum atomic E-state index is 4.56. The van der Waals surface area contributed by atoms with Gasteiger partial charge in [-0.1, -0.05) is 25.1 Å². The predicted molar refractivity (Wildman–Crippen MR) is 75.4 cm³/mol. The standard InChI is InChI=1S/C13H19N3S/c1-10(17-3)8-14-9-12-11-6-4-5-7-13(11)16(2)15-12/h4-7,10,14H,8-9H2,1-3H3. The molecule has 2 rings (SSSR count). The number of para-hydroxylation sites is 1. The lowest BCUT2D eigenvalue weighted by molar-refractivity contribution is 0.657. The lowest BCUT2D eigenvalue weighted by Gasteiger charge is -2.08. The van der Waals surface area contributed by atoms with Crippen LogP contribution in [0.1, 0.15) is 12.6 Å². The zero-order valence-corrected chi connectivity index (χ0v) is 11.4. The summed E-state index contributed by atoms with van der Waals surface area (Å²) in [6.07, 6.45) is 2.14. The van der Waals surface area contributed by atoms with E-state index in [9.17, 15) is 0 Å². The van der Waals surface area contributed by atoms with E-state index in [1.54, 1.807) is 0 Å². The monoisotopic (exact) mass is 249 g/mol. The SMILES string of the molecule is CSC(C)CNCc1nn(C)c2ccccc12. The Morgan fingerprint density at radius 1 is 1.41 bits per heavy atom. The molecule has 1 N–H and O–H groups in total. The average Bonchev–Trinajstić information content (AvgIpc) is 2.67. The van der Waals surface area contributed by atoms with Gasteiger partial charge in [0.1, 0.15) is 0 Å². The predicted octanol–water partition coefficient (Wildman–Crippen LogP) is 2.41. The molecule has 1 heterocycles. The van der Waals surface area contributed by atoms with Crippen molar-refractivity contribution in [3.05, 3.63) is 30.0 Å². The van der Waals surface area contributed by atoms with Crippen LogP contribution < -0.4 is 5.32 Å². The van der Waals surface area contributed by atoms with Crippen molar-refractivity contribution >= 4 is 22.7 Å². The zero-order valence-electron chi connectivity index (χ0n) is 10.6. The van der Waals surface area contributed by atoms with Gasteiger partial charge in [-0.3, -0.25) is 4.68 Å². The number of hydrogen-bond acceptors (Lipinski definition) is 3. The molecule has 92 valence electrons. The first-order chi connectivity index (χ1) is 8.22. The number of fused-ring (bicyclic) bond motifs is 1. The van der Waals surface area contributed by atoms with E-state index in [2.05, 4.69) is 47.9 Å². The largest absolute Gasteiger partial charge is 0.310 e. The Balaban J connectivity index is 2.09. The maximum absolute atomic E-state index is 4.56. The highest BCUT2D eigenvalue weighted by Crippen LogP contribution is 2.17. The smallest absolute Gasteiger partial charge is 0.0841 e. The second kappa shape index (κ2) is 5.56. The minimum atomic E-state index is 0.643. The van der Waals surface area contributed by atoms with E-state index >= 15 is 0 Å². The molecule has 1 atom stereocenters. The Morgan fingerprint density at radius 2 is 2.18 bits per heavy atom. The van der Waals surface area contributed by atoms with Gasteiger partial charge in [0.05, 0.1) is 11.2 Å². The second-order valence-corrected chi connectivity index (χ2v) is 5.54. The molecule has 0 amide bonds. The highest BCUT2D eigenvalue weighted by atomic mass is 32.2. The van der Waals surface area contributed by atoms with E-state index in [1.165, 1.54) is 10.9 Å². The molecule has 4 heteroatoms. The molecule has 1 unspecified atom stereocenters. The van der Waals surface area contributed by atoms with Crippen molar-refractivity contribution in [3.8, 4) is 0 Å². The molecule has 3 nitrogen and oxygen atoms in total. The van der Waals surface area contributed by atoms with E-state index < -0.39 is 0 Å². The van der Waals surface area contributed by atoms with Gasteiger partial charge in [0.15, 0.2) is 0 Å². The van der Waals surface area contributed by atoms with Crippen molar-refractivity contribution in [2.45, 2.75) is 18.7 Å². The van der Waals surface area contributed by atoms with Crippen molar-refractivity contribution in [1.29, 1.82) is 0 Å². The second-order valence-electron chi connectivity index (χ2n) is 4.26. The van der Waals surface area contributed by atoms with Crippen molar-refractivity contribution < 1.29 is 0 Å². The summed E-state index contributed by atoms with van der Waals surface area (Å²) in [6.45, 7) is 4.09. The van der Waals surface area contributed by atoms with Crippen molar-refractivity contribution in [2.24, 2.45) is 7.05 Å². The summed E-state index contributed by atoms with van der Waals surface area (Å²) >= 11 is 1.88. The maximum Gasteiger partial charge on any atom is 0.0841 e. The van der Waals surface area contributed by atoms with Crippen LogP contribution in [0.25, 0.3) is 10.9 Å². The topological polar surface area (TPSA) is 29.9 Å². The third-order valence-electron chi connectivity index (χ3n) is 2.96. The molecule has 0 bridgehead atoms. The van der Waals surface area contributed by atoms with Crippen molar-refractivity contribution in [3.63, 3.8) is 0 Å². The summed E-state index contributed by atoms with van der Waals surface area (Å²) in [7, 11) is 2.00. The summed E-state index contributed by atoms with van der Waals surface area (Å²) in [6, 6.07) is 8.36. The molecule has 0 aliphatic heterocycles. The summed E-state index contributed by atoms with van der Waals surface area (Å²) in [5.41, 5.74) is 2.33. The van der Waals surface area contributed by atoms with E-state index in [4.69, 9.17) is 0 Å². The number of hydrogen-bond donors (Lipinski definition) is 1. The van der Waals surface area contributed by atoms with E-state index in [0.717, 1.165) is 18.8 Å². The van der Waals surface area contributed by atoms with Gasteiger partial charge in [-0.15, -0.1) is 0 Å². The zero-order chi connectivity index (χ0) is 12.3. The van der Waals surface area contributed by atoms with Gasteiger partial charge in [0.25, 0.3) is 0 Å². The number of benzene rings is 1. The van der Waals surface area contributed by atoms with Gasteiger partial charge < -0.3 is 5.32 Å². The Kier molecular flexibility index (Phi) is 4.07. The van der Waals surface area contributed by atoms with Gasteiger partial charge in [-0.2, -0.15) is 16.9 Å².